The number of hydrogen-bond donors (Lipinski definition) is 1. The van der Waals surface area contributed by atoms with Crippen molar-refractivity contribution in [1.82, 2.24) is 9.97 Å². The molecule has 0 aliphatic carbocycles. The van der Waals surface area contributed by atoms with Gasteiger partial charge in [0, 0.05) is 36.3 Å². The van der Waals surface area contributed by atoms with Crippen LogP contribution in [0.25, 0.3) is 17.1 Å². The highest BCUT2D eigenvalue weighted by Crippen LogP contribution is 2.22. The molecule has 0 fully saturated rings. The maximum atomic E-state index is 10.8. The van der Waals surface area contributed by atoms with Gasteiger partial charge in [0.1, 0.15) is 0 Å². The van der Waals surface area contributed by atoms with E-state index >= 15 is 0 Å². The smallest absolute Gasteiger partial charge is 0.185 e. The number of rotatable bonds is 4. The molecule has 0 aliphatic heterocycles. The lowest BCUT2D eigenvalue weighted by atomic mass is 10.1. The largest absolute Gasteiger partial charge is 0.398 e. The Labute approximate surface area is 116 Å². The molecule has 0 aliphatic rings. The molecule has 2 rings (SSSR count). The summed E-state index contributed by atoms with van der Waals surface area (Å²) in [6.45, 7) is 1.58. The van der Waals surface area contributed by atoms with Crippen molar-refractivity contribution in [3.05, 3.63) is 36.2 Å². The Balaban J connectivity index is 2.17. The highest BCUT2D eigenvalue weighted by Gasteiger charge is 2.03. The summed E-state index contributed by atoms with van der Waals surface area (Å²) < 4.78 is 0. The molecule has 0 saturated carbocycles. The van der Waals surface area contributed by atoms with Gasteiger partial charge in [-0.1, -0.05) is 23.9 Å². The topological polar surface area (TPSA) is 68.9 Å². The quantitative estimate of drug-likeness (QED) is 0.685. The fourth-order valence-electron chi connectivity index (χ4n) is 1.72. The van der Waals surface area contributed by atoms with Crippen LogP contribution in [-0.2, 0) is 4.79 Å². The normalized spacial score (nSPS) is 11.2. The molecule has 1 heterocycles. The van der Waals surface area contributed by atoms with Crippen molar-refractivity contribution >= 4 is 39.7 Å². The van der Waals surface area contributed by atoms with Crippen LogP contribution in [0.4, 0.5) is 5.69 Å². The molecule has 0 saturated heterocycles. The first kappa shape index (κ1) is 13.5. The van der Waals surface area contributed by atoms with Gasteiger partial charge < -0.3 is 5.73 Å². The van der Waals surface area contributed by atoms with Gasteiger partial charge in [0.05, 0.1) is 11.0 Å². The number of carbonyl (C=O) groups is 1. The fraction of sp³-hybridized carbons (Fsp3) is 0.214. The van der Waals surface area contributed by atoms with Gasteiger partial charge >= 0.3 is 0 Å². The number of fused-ring (bicyclic) bond motifs is 1. The monoisotopic (exact) mass is 273 g/mol. The van der Waals surface area contributed by atoms with Crippen LogP contribution in [0.3, 0.4) is 0 Å². The Hall–Kier alpha value is -1.88. The number of nitrogen functional groups attached to an aromatic ring is 1. The third-order valence-electron chi connectivity index (χ3n) is 2.59. The van der Waals surface area contributed by atoms with E-state index in [4.69, 9.17) is 5.73 Å². The van der Waals surface area contributed by atoms with Crippen molar-refractivity contribution in [3.63, 3.8) is 0 Å². The number of hydrogen-bond acceptors (Lipinski definition) is 5. The van der Waals surface area contributed by atoms with E-state index in [-0.39, 0.29) is 5.12 Å². The molecule has 0 amide bonds. The summed E-state index contributed by atoms with van der Waals surface area (Å²) in [5, 5.41) is 0.143. The molecule has 0 spiro atoms. The highest BCUT2D eigenvalue weighted by atomic mass is 32.2. The number of benzene rings is 1. The fourth-order valence-corrected chi connectivity index (χ4v) is 2.26. The van der Waals surface area contributed by atoms with E-state index < -0.39 is 0 Å². The van der Waals surface area contributed by atoms with E-state index in [2.05, 4.69) is 9.97 Å². The summed E-state index contributed by atoms with van der Waals surface area (Å²) in [4.78, 5) is 19.4. The van der Waals surface area contributed by atoms with E-state index in [1.54, 1.807) is 19.3 Å². The van der Waals surface area contributed by atoms with Crippen LogP contribution in [0.15, 0.2) is 30.6 Å². The van der Waals surface area contributed by atoms with Crippen LogP contribution in [0.5, 0.6) is 0 Å². The van der Waals surface area contributed by atoms with Gasteiger partial charge in [0.2, 0.25) is 0 Å². The highest BCUT2D eigenvalue weighted by molar-refractivity contribution is 8.13. The van der Waals surface area contributed by atoms with Crippen molar-refractivity contribution in [2.45, 2.75) is 13.3 Å². The molecule has 4 nitrogen and oxygen atoms in total. The summed E-state index contributed by atoms with van der Waals surface area (Å²) in [5.41, 5.74) is 9.17. The minimum absolute atomic E-state index is 0.143. The summed E-state index contributed by atoms with van der Waals surface area (Å²) in [6.07, 6.45) is 8.10. The average Bonchev–Trinajstić information content (AvgIpc) is 2.40. The van der Waals surface area contributed by atoms with E-state index in [0.717, 1.165) is 28.8 Å². The number of anilines is 1. The van der Waals surface area contributed by atoms with E-state index in [1.165, 1.54) is 11.8 Å². The molecule has 0 radical (unpaired) electrons. The van der Waals surface area contributed by atoms with Crippen LogP contribution in [0, 0.1) is 0 Å². The van der Waals surface area contributed by atoms with Crippen LogP contribution in [0.2, 0.25) is 0 Å². The summed E-state index contributed by atoms with van der Waals surface area (Å²) >= 11 is 1.32. The molecule has 5 heteroatoms. The molecule has 2 N–H and O–H groups in total. The second-order valence-electron chi connectivity index (χ2n) is 4.02. The zero-order chi connectivity index (χ0) is 13.7. The molecule has 0 atom stereocenters. The van der Waals surface area contributed by atoms with Gasteiger partial charge in [-0.15, -0.1) is 0 Å². The maximum absolute atomic E-state index is 10.8. The first-order valence-corrected chi connectivity index (χ1v) is 6.96. The molecule has 19 heavy (non-hydrogen) atoms. The Morgan fingerprint density at radius 3 is 2.95 bits per heavy atom. The van der Waals surface area contributed by atoms with Crippen LogP contribution in [0.1, 0.15) is 18.9 Å². The number of allylic oxidation sites excluding steroid dienone is 1. The van der Waals surface area contributed by atoms with Crippen molar-refractivity contribution in [3.8, 4) is 0 Å². The summed E-state index contributed by atoms with van der Waals surface area (Å²) in [7, 11) is 0. The van der Waals surface area contributed by atoms with Crippen LogP contribution in [-0.4, -0.2) is 20.8 Å². The molecular formula is C14H15N3OS. The molecule has 2 aromatic rings. The van der Waals surface area contributed by atoms with Crippen LogP contribution < -0.4 is 5.73 Å². The number of nitrogens with zero attached hydrogens (tertiary/aromatic N) is 2. The summed E-state index contributed by atoms with van der Waals surface area (Å²) in [5.74, 6) is 0.780. The molecule has 0 unspecified atom stereocenters. The maximum Gasteiger partial charge on any atom is 0.185 e. The van der Waals surface area contributed by atoms with Crippen LogP contribution >= 0.6 is 11.8 Å². The zero-order valence-corrected chi connectivity index (χ0v) is 11.5. The lowest BCUT2D eigenvalue weighted by Gasteiger charge is -2.04. The molecular weight excluding hydrogens is 258 g/mol. The molecule has 1 aromatic heterocycles. The second kappa shape index (κ2) is 6.33. The van der Waals surface area contributed by atoms with E-state index in [9.17, 15) is 4.79 Å². The first-order valence-electron chi connectivity index (χ1n) is 5.97. The van der Waals surface area contributed by atoms with E-state index in [1.807, 2.05) is 24.3 Å². The number of carbonyl (C=O) groups excluding carboxylic acids is 1. The SMILES string of the molecule is CC(=O)SCCC=Cc1c(N)ccc2nccnc12. The lowest BCUT2D eigenvalue weighted by molar-refractivity contribution is -0.109. The molecule has 0 bridgehead atoms. The zero-order valence-electron chi connectivity index (χ0n) is 10.7. The average molecular weight is 273 g/mol. The Morgan fingerprint density at radius 1 is 1.37 bits per heavy atom. The minimum atomic E-state index is 0.143. The lowest BCUT2D eigenvalue weighted by Crippen LogP contribution is -1.93. The van der Waals surface area contributed by atoms with Crippen molar-refractivity contribution in [2.24, 2.45) is 0 Å². The molecule has 1 aromatic carbocycles. The van der Waals surface area contributed by atoms with Crippen molar-refractivity contribution in [1.29, 1.82) is 0 Å². The number of aromatic nitrogens is 2. The Bertz CT molecular complexity index is 625. The number of thioether (sulfide) groups is 1. The predicted molar refractivity (Wildman–Crippen MR) is 80.7 cm³/mol. The van der Waals surface area contributed by atoms with Crippen molar-refractivity contribution < 1.29 is 4.79 Å². The first-order chi connectivity index (χ1) is 9.18. The van der Waals surface area contributed by atoms with Gasteiger partial charge in [0.25, 0.3) is 0 Å². The predicted octanol–water partition coefficient (Wildman–Crippen LogP) is 2.90. The number of nitrogens with two attached hydrogens (primary N) is 1. The van der Waals surface area contributed by atoms with Gasteiger partial charge in [-0.2, -0.15) is 0 Å². The second-order valence-corrected chi connectivity index (χ2v) is 5.30. The van der Waals surface area contributed by atoms with Gasteiger partial charge in [-0.05, 0) is 18.6 Å². The minimum Gasteiger partial charge on any atom is -0.398 e. The van der Waals surface area contributed by atoms with E-state index in [0.29, 0.717) is 5.69 Å². The third-order valence-corrected chi connectivity index (χ3v) is 3.43. The summed E-state index contributed by atoms with van der Waals surface area (Å²) in [6, 6.07) is 3.70. The third kappa shape index (κ3) is 3.54. The standard InChI is InChI=1S/C14H15N3OS/c1-10(18)19-9-3-2-4-11-12(15)5-6-13-14(11)17-8-7-16-13/h2,4-8H,3,9,15H2,1H3. The van der Waals surface area contributed by atoms with Gasteiger partial charge in [0.15, 0.2) is 5.12 Å². The Morgan fingerprint density at radius 2 is 2.16 bits per heavy atom. The van der Waals surface area contributed by atoms with Gasteiger partial charge in [-0.3, -0.25) is 14.8 Å². The molecule has 98 valence electrons. The van der Waals surface area contributed by atoms with Crippen molar-refractivity contribution in [2.75, 3.05) is 11.5 Å². The van der Waals surface area contributed by atoms with Gasteiger partial charge in [-0.25, -0.2) is 0 Å². The Kier molecular flexibility index (Phi) is 4.52.